The van der Waals surface area contributed by atoms with Crippen LogP contribution in [0.4, 0.5) is 5.82 Å². The SMILES string of the molecule is CC1CCc2c(sc3ncnc(N4CCC(NS(C)(=O)=O)CC4)c23)C1. The van der Waals surface area contributed by atoms with Crippen molar-refractivity contribution in [3.05, 3.63) is 16.8 Å². The average molecular weight is 381 g/mol. The fourth-order valence-corrected chi connectivity index (χ4v) is 6.20. The second-order valence-corrected chi connectivity index (χ2v) is 10.2. The Morgan fingerprint density at radius 3 is 2.72 bits per heavy atom. The van der Waals surface area contributed by atoms with Gasteiger partial charge in [0.1, 0.15) is 17.0 Å². The molecule has 1 atom stereocenters. The second kappa shape index (κ2) is 6.48. The van der Waals surface area contributed by atoms with Crippen LogP contribution in [0.3, 0.4) is 0 Å². The van der Waals surface area contributed by atoms with Gasteiger partial charge in [-0.25, -0.2) is 23.1 Å². The number of sulfonamides is 1. The van der Waals surface area contributed by atoms with Gasteiger partial charge < -0.3 is 4.90 Å². The van der Waals surface area contributed by atoms with E-state index in [4.69, 9.17) is 0 Å². The number of thiophene rings is 1. The summed E-state index contributed by atoms with van der Waals surface area (Å²) in [6.07, 6.45) is 8.01. The highest BCUT2D eigenvalue weighted by Crippen LogP contribution is 2.40. The highest BCUT2D eigenvalue weighted by atomic mass is 32.2. The Morgan fingerprint density at radius 2 is 2.00 bits per heavy atom. The van der Waals surface area contributed by atoms with Crippen molar-refractivity contribution in [1.82, 2.24) is 14.7 Å². The number of aromatic nitrogens is 2. The Hall–Kier alpha value is -1.25. The van der Waals surface area contributed by atoms with Gasteiger partial charge in [0.15, 0.2) is 0 Å². The van der Waals surface area contributed by atoms with Crippen molar-refractivity contribution in [2.75, 3.05) is 24.2 Å². The summed E-state index contributed by atoms with van der Waals surface area (Å²) in [6.45, 7) is 3.96. The monoisotopic (exact) mass is 380 g/mol. The van der Waals surface area contributed by atoms with Crippen molar-refractivity contribution < 1.29 is 8.42 Å². The molecule has 1 N–H and O–H groups in total. The van der Waals surface area contributed by atoms with Crippen molar-refractivity contribution in [2.45, 2.75) is 45.1 Å². The molecule has 2 aliphatic rings. The summed E-state index contributed by atoms with van der Waals surface area (Å²) in [6, 6.07) is 0.0285. The van der Waals surface area contributed by atoms with Gasteiger partial charge >= 0.3 is 0 Å². The zero-order chi connectivity index (χ0) is 17.6. The lowest BCUT2D eigenvalue weighted by Gasteiger charge is -2.33. The van der Waals surface area contributed by atoms with Gasteiger partial charge in [0, 0.05) is 24.0 Å². The second-order valence-electron chi connectivity index (χ2n) is 7.38. The molecule has 2 aromatic heterocycles. The molecule has 136 valence electrons. The van der Waals surface area contributed by atoms with E-state index in [1.807, 2.05) is 11.3 Å². The summed E-state index contributed by atoms with van der Waals surface area (Å²) in [7, 11) is -3.14. The maximum Gasteiger partial charge on any atom is 0.208 e. The molecule has 0 radical (unpaired) electrons. The molecule has 2 aromatic rings. The van der Waals surface area contributed by atoms with E-state index in [9.17, 15) is 8.42 Å². The molecule has 1 unspecified atom stereocenters. The molecule has 6 nitrogen and oxygen atoms in total. The minimum Gasteiger partial charge on any atom is -0.356 e. The van der Waals surface area contributed by atoms with Crippen molar-refractivity contribution in [1.29, 1.82) is 0 Å². The third-order valence-electron chi connectivity index (χ3n) is 5.25. The molecule has 1 fully saturated rings. The van der Waals surface area contributed by atoms with Gasteiger partial charge in [-0.1, -0.05) is 6.92 Å². The first kappa shape index (κ1) is 17.2. The maximum atomic E-state index is 11.4. The summed E-state index contributed by atoms with van der Waals surface area (Å²) < 4.78 is 25.6. The van der Waals surface area contributed by atoms with E-state index in [0.717, 1.165) is 55.3 Å². The number of fused-ring (bicyclic) bond motifs is 3. The summed E-state index contributed by atoms with van der Waals surface area (Å²) in [5.74, 6) is 1.78. The van der Waals surface area contributed by atoms with E-state index in [-0.39, 0.29) is 6.04 Å². The van der Waals surface area contributed by atoms with Crippen molar-refractivity contribution in [3.63, 3.8) is 0 Å². The number of hydrogen-bond acceptors (Lipinski definition) is 6. The minimum atomic E-state index is -3.14. The lowest BCUT2D eigenvalue weighted by Crippen LogP contribution is -2.44. The number of hydrogen-bond donors (Lipinski definition) is 1. The predicted octanol–water partition coefficient (Wildman–Crippen LogP) is 2.33. The van der Waals surface area contributed by atoms with E-state index >= 15 is 0 Å². The molecular weight excluding hydrogens is 356 g/mol. The Balaban J connectivity index is 1.60. The van der Waals surface area contributed by atoms with Gasteiger partial charge in [-0.15, -0.1) is 11.3 Å². The summed E-state index contributed by atoms with van der Waals surface area (Å²) >= 11 is 1.82. The number of piperidine rings is 1. The minimum absolute atomic E-state index is 0.0285. The Morgan fingerprint density at radius 1 is 1.24 bits per heavy atom. The third kappa shape index (κ3) is 3.52. The maximum absolute atomic E-state index is 11.4. The number of nitrogens with one attached hydrogen (secondary N) is 1. The van der Waals surface area contributed by atoms with Gasteiger partial charge in [-0.2, -0.15) is 0 Å². The van der Waals surface area contributed by atoms with Crippen molar-refractivity contribution in [3.8, 4) is 0 Å². The van der Waals surface area contributed by atoms with Crippen LogP contribution in [0.2, 0.25) is 0 Å². The zero-order valence-electron chi connectivity index (χ0n) is 14.7. The highest BCUT2D eigenvalue weighted by molar-refractivity contribution is 7.88. The van der Waals surface area contributed by atoms with E-state index in [2.05, 4.69) is 26.5 Å². The zero-order valence-corrected chi connectivity index (χ0v) is 16.3. The summed E-state index contributed by atoms with van der Waals surface area (Å²) in [4.78, 5) is 14.0. The Kier molecular flexibility index (Phi) is 4.45. The third-order valence-corrected chi connectivity index (χ3v) is 7.17. The first-order valence-corrected chi connectivity index (χ1v) is 11.6. The number of rotatable bonds is 3. The molecule has 1 saturated heterocycles. The molecule has 0 aromatic carbocycles. The number of nitrogens with zero attached hydrogens (tertiary/aromatic N) is 3. The standard InChI is InChI=1S/C17H24N4O2S2/c1-11-3-4-13-14(9-11)24-17-15(13)16(18-10-19-17)21-7-5-12(6-8-21)20-25(2,22)23/h10-12,20H,3-9H2,1-2H3. The molecule has 3 heterocycles. The van der Waals surface area contributed by atoms with Crippen LogP contribution in [0.5, 0.6) is 0 Å². The smallest absolute Gasteiger partial charge is 0.208 e. The van der Waals surface area contributed by atoms with Gasteiger partial charge in [0.2, 0.25) is 10.0 Å². The van der Waals surface area contributed by atoms with E-state index in [1.54, 1.807) is 6.33 Å². The number of anilines is 1. The average Bonchev–Trinajstić information content (AvgIpc) is 2.91. The fourth-order valence-electron chi connectivity index (χ4n) is 4.01. The van der Waals surface area contributed by atoms with Gasteiger partial charge in [-0.3, -0.25) is 0 Å². The topological polar surface area (TPSA) is 75.2 Å². The van der Waals surface area contributed by atoms with E-state index < -0.39 is 10.0 Å². The first-order valence-electron chi connectivity index (χ1n) is 8.88. The van der Waals surface area contributed by atoms with Gasteiger partial charge in [0.05, 0.1) is 11.6 Å². The molecule has 1 aliphatic heterocycles. The summed E-state index contributed by atoms with van der Waals surface area (Å²) in [5, 5.41) is 1.24. The number of aryl methyl sites for hydroxylation is 1. The Bertz CT molecular complexity index is 885. The van der Waals surface area contributed by atoms with Crippen LogP contribution in [0, 0.1) is 5.92 Å². The van der Waals surface area contributed by atoms with Crippen LogP contribution in [0.15, 0.2) is 6.33 Å². The van der Waals surface area contributed by atoms with E-state index in [1.165, 1.54) is 28.5 Å². The van der Waals surface area contributed by atoms with Crippen molar-refractivity contribution in [2.24, 2.45) is 5.92 Å². The lowest BCUT2D eigenvalue weighted by molar-refractivity contribution is 0.460. The molecule has 0 spiro atoms. The molecule has 0 amide bonds. The largest absolute Gasteiger partial charge is 0.356 e. The molecule has 0 bridgehead atoms. The lowest BCUT2D eigenvalue weighted by atomic mass is 9.89. The quantitative estimate of drug-likeness (QED) is 0.885. The predicted molar refractivity (Wildman–Crippen MR) is 102 cm³/mol. The first-order chi connectivity index (χ1) is 11.9. The molecule has 25 heavy (non-hydrogen) atoms. The van der Waals surface area contributed by atoms with Gasteiger partial charge in [-0.05, 0) is 43.6 Å². The summed E-state index contributed by atoms with van der Waals surface area (Å²) in [5.41, 5.74) is 1.45. The van der Waals surface area contributed by atoms with Gasteiger partial charge in [0.25, 0.3) is 0 Å². The van der Waals surface area contributed by atoms with Crippen LogP contribution >= 0.6 is 11.3 Å². The molecule has 8 heteroatoms. The van der Waals surface area contributed by atoms with Crippen LogP contribution in [-0.2, 0) is 22.9 Å². The Labute approximate surface area is 152 Å². The normalized spacial score (nSPS) is 22.3. The van der Waals surface area contributed by atoms with E-state index in [0.29, 0.717) is 0 Å². The highest BCUT2D eigenvalue weighted by Gasteiger charge is 2.27. The van der Waals surface area contributed by atoms with Crippen molar-refractivity contribution >= 4 is 37.4 Å². The van der Waals surface area contributed by atoms with Crippen LogP contribution in [0.1, 0.15) is 36.6 Å². The molecular formula is C17H24N4O2S2. The van der Waals surface area contributed by atoms with Crippen LogP contribution in [0.25, 0.3) is 10.2 Å². The molecule has 4 rings (SSSR count). The molecule has 1 aliphatic carbocycles. The molecule has 0 saturated carbocycles. The van der Waals surface area contributed by atoms with Crippen LogP contribution < -0.4 is 9.62 Å². The van der Waals surface area contributed by atoms with Crippen LogP contribution in [-0.4, -0.2) is 43.8 Å². The fraction of sp³-hybridized carbons (Fsp3) is 0.647.